The Balaban J connectivity index is 1.59. The summed E-state index contributed by atoms with van der Waals surface area (Å²) in [7, 11) is 0. The van der Waals surface area contributed by atoms with Crippen molar-refractivity contribution in [2.24, 2.45) is 5.10 Å². The molecule has 31 heavy (non-hydrogen) atoms. The molecule has 0 atom stereocenters. The van der Waals surface area contributed by atoms with Crippen molar-refractivity contribution in [1.82, 2.24) is 4.98 Å². The van der Waals surface area contributed by atoms with Crippen LogP contribution in [-0.2, 0) is 12.8 Å². The SMILES string of the molecule is O=C(O)c1cccc(COc2ccc(/C=N\Nc3ccc(C(F)(F)F)cn3)cc2Br)c1. The molecule has 6 nitrogen and oxygen atoms in total. The number of nitrogens with one attached hydrogen (secondary N) is 1. The highest BCUT2D eigenvalue weighted by molar-refractivity contribution is 9.10. The van der Waals surface area contributed by atoms with Crippen LogP contribution < -0.4 is 10.2 Å². The molecular formula is C21H15BrF3N3O3. The van der Waals surface area contributed by atoms with Crippen LogP contribution in [0, 0.1) is 0 Å². The third-order valence-corrected chi connectivity index (χ3v) is 4.63. The van der Waals surface area contributed by atoms with Gasteiger partial charge in [-0.2, -0.15) is 18.3 Å². The highest BCUT2D eigenvalue weighted by atomic mass is 79.9. The number of carboxylic acid groups (broad SMARTS) is 1. The number of hydrogen-bond donors (Lipinski definition) is 2. The molecular weight excluding hydrogens is 479 g/mol. The van der Waals surface area contributed by atoms with Crippen LogP contribution in [0.5, 0.6) is 5.75 Å². The standard InChI is InChI=1S/C21H15BrF3N3O3/c22-17-9-13(10-27-28-19-7-5-16(11-26-19)21(23,24)25)4-6-18(17)31-12-14-2-1-3-15(8-14)20(29)30/h1-11H,12H2,(H,26,28)(H,29,30)/b27-10-. The molecule has 0 fully saturated rings. The number of alkyl halides is 3. The Morgan fingerprint density at radius 2 is 2.00 bits per heavy atom. The Labute approximate surface area is 183 Å². The average molecular weight is 494 g/mol. The molecule has 0 bridgehead atoms. The van der Waals surface area contributed by atoms with Gasteiger partial charge in [0.2, 0.25) is 0 Å². The van der Waals surface area contributed by atoms with E-state index in [1.165, 1.54) is 24.4 Å². The van der Waals surface area contributed by atoms with Crippen LogP contribution in [0.25, 0.3) is 0 Å². The summed E-state index contributed by atoms with van der Waals surface area (Å²) in [5.41, 5.74) is 3.32. The number of benzene rings is 2. The van der Waals surface area contributed by atoms with Gasteiger partial charge >= 0.3 is 12.1 Å². The smallest absolute Gasteiger partial charge is 0.417 e. The second-order valence-electron chi connectivity index (χ2n) is 6.28. The number of aromatic nitrogens is 1. The number of hydrogen-bond acceptors (Lipinski definition) is 5. The van der Waals surface area contributed by atoms with Crippen LogP contribution in [0.1, 0.15) is 27.0 Å². The first kappa shape index (κ1) is 22.3. The lowest BCUT2D eigenvalue weighted by Gasteiger charge is -2.09. The van der Waals surface area contributed by atoms with Crippen molar-refractivity contribution >= 4 is 33.9 Å². The second kappa shape index (κ2) is 9.61. The van der Waals surface area contributed by atoms with E-state index in [0.29, 0.717) is 21.3 Å². The number of ether oxygens (including phenoxy) is 1. The highest BCUT2D eigenvalue weighted by Gasteiger charge is 2.30. The molecule has 10 heteroatoms. The molecule has 0 aliphatic heterocycles. The van der Waals surface area contributed by atoms with Crippen LogP contribution in [0.4, 0.5) is 19.0 Å². The van der Waals surface area contributed by atoms with E-state index in [4.69, 9.17) is 9.84 Å². The Morgan fingerprint density at radius 3 is 2.65 bits per heavy atom. The predicted octanol–water partition coefficient (Wildman–Crippen LogP) is 5.59. The molecule has 0 amide bonds. The van der Waals surface area contributed by atoms with Crippen LogP contribution >= 0.6 is 15.9 Å². The quantitative estimate of drug-likeness (QED) is 0.331. The van der Waals surface area contributed by atoms with E-state index in [9.17, 15) is 18.0 Å². The van der Waals surface area contributed by atoms with Crippen molar-refractivity contribution in [2.75, 3.05) is 5.43 Å². The highest BCUT2D eigenvalue weighted by Crippen LogP contribution is 2.29. The molecule has 2 aromatic carbocycles. The van der Waals surface area contributed by atoms with Crippen LogP contribution in [0.15, 0.2) is 70.4 Å². The number of carboxylic acids is 1. The number of pyridine rings is 1. The van der Waals surface area contributed by atoms with Gasteiger partial charge in [0, 0.05) is 6.20 Å². The van der Waals surface area contributed by atoms with Gasteiger partial charge in [0.25, 0.3) is 0 Å². The molecule has 160 valence electrons. The molecule has 0 saturated heterocycles. The van der Waals surface area contributed by atoms with Crippen molar-refractivity contribution < 1.29 is 27.8 Å². The Bertz CT molecular complexity index is 1100. The van der Waals surface area contributed by atoms with E-state index in [1.54, 1.807) is 30.3 Å². The maximum Gasteiger partial charge on any atom is 0.417 e. The zero-order valence-corrected chi connectivity index (χ0v) is 17.3. The molecule has 3 rings (SSSR count). The molecule has 3 aromatic rings. The van der Waals surface area contributed by atoms with Gasteiger partial charge in [0.15, 0.2) is 0 Å². The van der Waals surface area contributed by atoms with Gasteiger partial charge in [-0.25, -0.2) is 9.78 Å². The fraction of sp³-hybridized carbons (Fsp3) is 0.0952. The van der Waals surface area contributed by atoms with E-state index < -0.39 is 17.7 Å². The van der Waals surface area contributed by atoms with E-state index in [2.05, 4.69) is 31.4 Å². The molecule has 1 aromatic heterocycles. The van der Waals surface area contributed by atoms with Crippen LogP contribution in [0.3, 0.4) is 0 Å². The lowest BCUT2D eigenvalue weighted by molar-refractivity contribution is -0.137. The minimum atomic E-state index is -4.44. The normalized spacial score (nSPS) is 11.5. The summed E-state index contributed by atoms with van der Waals surface area (Å²) in [6, 6.07) is 13.8. The number of carbonyl (C=O) groups is 1. The Kier molecular flexibility index (Phi) is 6.91. The fourth-order valence-electron chi connectivity index (χ4n) is 2.47. The van der Waals surface area contributed by atoms with Gasteiger partial charge in [0.1, 0.15) is 18.2 Å². The van der Waals surface area contributed by atoms with Gasteiger partial charge in [0.05, 0.1) is 21.8 Å². The molecule has 0 aliphatic carbocycles. The minimum Gasteiger partial charge on any atom is -0.488 e. The minimum absolute atomic E-state index is 0.173. The molecule has 1 heterocycles. The van der Waals surface area contributed by atoms with Gasteiger partial charge in [-0.05, 0) is 69.5 Å². The predicted molar refractivity (Wildman–Crippen MR) is 112 cm³/mol. The monoisotopic (exact) mass is 493 g/mol. The van der Waals surface area contributed by atoms with Crippen molar-refractivity contribution in [1.29, 1.82) is 0 Å². The molecule has 0 spiro atoms. The zero-order chi connectivity index (χ0) is 22.4. The number of aromatic carboxylic acids is 1. The van der Waals surface area contributed by atoms with Crippen molar-refractivity contribution in [3.63, 3.8) is 0 Å². The number of rotatable bonds is 7. The van der Waals surface area contributed by atoms with Gasteiger partial charge in [-0.15, -0.1) is 0 Å². The Hall–Kier alpha value is -3.40. The summed E-state index contributed by atoms with van der Waals surface area (Å²) < 4.78 is 44.0. The lowest BCUT2D eigenvalue weighted by atomic mass is 10.1. The van der Waals surface area contributed by atoms with E-state index in [-0.39, 0.29) is 18.0 Å². The first-order chi connectivity index (χ1) is 14.7. The molecule has 0 unspecified atom stereocenters. The third-order valence-electron chi connectivity index (χ3n) is 4.01. The third kappa shape index (κ3) is 6.29. The molecule has 2 N–H and O–H groups in total. The maximum absolute atomic E-state index is 12.5. The summed E-state index contributed by atoms with van der Waals surface area (Å²) >= 11 is 3.40. The van der Waals surface area contributed by atoms with Crippen molar-refractivity contribution in [2.45, 2.75) is 12.8 Å². The fourth-order valence-corrected chi connectivity index (χ4v) is 2.98. The number of anilines is 1. The summed E-state index contributed by atoms with van der Waals surface area (Å²) in [4.78, 5) is 14.7. The van der Waals surface area contributed by atoms with Crippen molar-refractivity contribution in [3.05, 3.63) is 87.5 Å². The van der Waals surface area contributed by atoms with Crippen LogP contribution in [-0.4, -0.2) is 22.3 Å². The van der Waals surface area contributed by atoms with Gasteiger partial charge in [-0.3, -0.25) is 5.43 Å². The summed E-state index contributed by atoms with van der Waals surface area (Å²) in [5.74, 6) is -0.283. The first-order valence-electron chi connectivity index (χ1n) is 8.79. The molecule has 0 aliphatic rings. The molecule has 0 saturated carbocycles. The maximum atomic E-state index is 12.5. The second-order valence-corrected chi connectivity index (χ2v) is 7.14. The largest absolute Gasteiger partial charge is 0.488 e. The van der Waals surface area contributed by atoms with Crippen LogP contribution in [0.2, 0.25) is 0 Å². The number of halogens is 4. The van der Waals surface area contributed by atoms with Gasteiger partial charge in [-0.1, -0.05) is 12.1 Å². The summed E-state index contributed by atoms with van der Waals surface area (Å²) in [5, 5.41) is 13.0. The van der Waals surface area contributed by atoms with E-state index >= 15 is 0 Å². The summed E-state index contributed by atoms with van der Waals surface area (Å²) in [6.45, 7) is 0.189. The van der Waals surface area contributed by atoms with E-state index in [1.807, 2.05) is 0 Å². The average Bonchev–Trinajstić information content (AvgIpc) is 2.73. The summed E-state index contributed by atoms with van der Waals surface area (Å²) in [6.07, 6.45) is -2.24. The number of nitrogens with zero attached hydrogens (tertiary/aromatic N) is 2. The van der Waals surface area contributed by atoms with Crippen molar-refractivity contribution in [3.8, 4) is 5.75 Å². The van der Waals surface area contributed by atoms with Gasteiger partial charge < -0.3 is 9.84 Å². The first-order valence-corrected chi connectivity index (χ1v) is 9.58. The number of hydrazone groups is 1. The van der Waals surface area contributed by atoms with E-state index in [0.717, 1.165) is 12.3 Å². The molecule has 0 radical (unpaired) electrons. The topological polar surface area (TPSA) is 83.8 Å². The zero-order valence-electron chi connectivity index (χ0n) is 15.7. The Morgan fingerprint density at radius 1 is 1.19 bits per heavy atom. The lowest BCUT2D eigenvalue weighted by Crippen LogP contribution is -2.05.